The zero-order valence-corrected chi connectivity index (χ0v) is 14.4. The molecule has 116 valence electrons. The van der Waals surface area contributed by atoms with Crippen LogP contribution in [0.25, 0.3) is 27.1 Å². The minimum atomic E-state index is -0.310. The molecule has 0 radical (unpaired) electrons. The van der Waals surface area contributed by atoms with Crippen LogP contribution in [-0.2, 0) is 0 Å². The van der Waals surface area contributed by atoms with Gasteiger partial charge in [-0.3, -0.25) is 0 Å². The van der Waals surface area contributed by atoms with E-state index in [4.69, 9.17) is 0 Å². The predicted octanol–water partition coefficient (Wildman–Crippen LogP) is 4.48. The summed E-state index contributed by atoms with van der Waals surface area (Å²) in [5.74, 6) is -0.310. The van der Waals surface area contributed by atoms with Gasteiger partial charge in [-0.25, -0.2) is 18.9 Å². The maximum Gasteiger partial charge on any atom is 0.156 e. The minimum absolute atomic E-state index is 0.310. The Morgan fingerprint density at radius 2 is 2.00 bits per heavy atom. The van der Waals surface area contributed by atoms with E-state index < -0.39 is 0 Å². The highest BCUT2D eigenvalue weighted by Crippen LogP contribution is 2.33. The normalized spacial score (nSPS) is 11.7. The molecule has 0 fully saturated rings. The van der Waals surface area contributed by atoms with Crippen molar-refractivity contribution in [1.29, 1.82) is 0 Å². The molecule has 0 unspecified atom stereocenters. The predicted molar refractivity (Wildman–Crippen MR) is 92.8 cm³/mol. The van der Waals surface area contributed by atoms with Crippen LogP contribution >= 0.6 is 23.1 Å². The second-order valence-corrected chi connectivity index (χ2v) is 7.44. The Kier molecular flexibility index (Phi) is 3.35. The summed E-state index contributed by atoms with van der Waals surface area (Å²) in [7, 11) is 0. The van der Waals surface area contributed by atoms with Gasteiger partial charge in [0, 0.05) is 5.56 Å². The first-order chi connectivity index (χ1) is 11.0. The maximum atomic E-state index is 14.4. The Morgan fingerprint density at radius 3 is 2.78 bits per heavy atom. The van der Waals surface area contributed by atoms with E-state index >= 15 is 0 Å². The van der Waals surface area contributed by atoms with Crippen molar-refractivity contribution in [2.45, 2.75) is 18.2 Å². The first kappa shape index (κ1) is 14.6. The van der Waals surface area contributed by atoms with Crippen LogP contribution in [-0.4, -0.2) is 25.8 Å². The molecule has 7 heteroatoms. The molecule has 4 rings (SSSR count). The van der Waals surface area contributed by atoms with Gasteiger partial charge in [0.1, 0.15) is 5.52 Å². The van der Waals surface area contributed by atoms with Crippen LogP contribution in [0, 0.1) is 19.7 Å². The Labute approximate surface area is 140 Å². The van der Waals surface area contributed by atoms with Gasteiger partial charge in [0.2, 0.25) is 0 Å². The number of thioether (sulfide) groups is 1. The second kappa shape index (κ2) is 5.28. The van der Waals surface area contributed by atoms with Crippen molar-refractivity contribution in [3.8, 4) is 11.3 Å². The largest absolute Gasteiger partial charge is 0.232 e. The summed E-state index contributed by atoms with van der Waals surface area (Å²) in [6.07, 6.45) is 3.82. The molecule has 23 heavy (non-hydrogen) atoms. The molecule has 0 atom stereocenters. The van der Waals surface area contributed by atoms with Crippen molar-refractivity contribution in [2.75, 3.05) is 6.26 Å². The summed E-state index contributed by atoms with van der Waals surface area (Å²) < 4.78 is 17.8. The lowest BCUT2D eigenvalue weighted by Gasteiger charge is -2.05. The van der Waals surface area contributed by atoms with Gasteiger partial charge in [-0.15, -0.1) is 11.3 Å². The number of aryl methyl sites for hydroxylation is 2. The molecule has 0 saturated carbocycles. The quantitative estimate of drug-likeness (QED) is 0.503. The first-order valence-electron chi connectivity index (χ1n) is 7.03. The molecule has 4 aromatic rings. The third-order valence-electron chi connectivity index (χ3n) is 3.63. The van der Waals surface area contributed by atoms with Gasteiger partial charge in [-0.1, -0.05) is 11.8 Å². The Morgan fingerprint density at radius 1 is 1.17 bits per heavy atom. The fourth-order valence-electron chi connectivity index (χ4n) is 2.59. The molecule has 3 heterocycles. The maximum absolute atomic E-state index is 14.4. The van der Waals surface area contributed by atoms with E-state index in [9.17, 15) is 4.39 Å². The molecule has 0 amide bonds. The molecule has 0 spiro atoms. The monoisotopic (exact) mass is 344 g/mol. The number of hydrogen-bond acceptors (Lipinski definition) is 5. The van der Waals surface area contributed by atoms with E-state index in [0.717, 1.165) is 37.2 Å². The number of rotatable bonds is 2. The van der Waals surface area contributed by atoms with E-state index in [0.29, 0.717) is 5.52 Å². The number of imidazole rings is 1. The highest BCUT2D eigenvalue weighted by atomic mass is 32.2. The van der Waals surface area contributed by atoms with Crippen molar-refractivity contribution in [3.63, 3.8) is 0 Å². The minimum Gasteiger partial charge on any atom is -0.232 e. The smallest absolute Gasteiger partial charge is 0.156 e. The molecule has 0 aliphatic heterocycles. The van der Waals surface area contributed by atoms with E-state index in [-0.39, 0.29) is 5.82 Å². The van der Waals surface area contributed by atoms with Crippen LogP contribution < -0.4 is 0 Å². The van der Waals surface area contributed by atoms with Crippen molar-refractivity contribution in [3.05, 3.63) is 41.5 Å². The summed E-state index contributed by atoms with van der Waals surface area (Å²) in [5.41, 5.74) is 4.66. The highest BCUT2D eigenvalue weighted by molar-refractivity contribution is 8.00. The Hall–Kier alpha value is -1.99. The van der Waals surface area contributed by atoms with Gasteiger partial charge < -0.3 is 0 Å². The van der Waals surface area contributed by atoms with Crippen LogP contribution in [0.2, 0.25) is 0 Å². The van der Waals surface area contributed by atoms with Gasteiger partial charge in [0.15, 0.2) is 15.8 Å². The Balaban J connectivity index is 1.94. The van der Waals surface area contributed by atoms with Gasteiger partial charge >= 0.3 is 0 Å². The summed E-state index contributed by atoms with van der Waals surface area (Å²) in [5, 5.41) is 4.57. The van der Waals surface area contributed by atoms with Crippen molar-refractivity contribution in [2.24, 2.45) is 0 Å². The lowest BCUT2D eigenvalue weighted by atomic mass is 10.1. The molecule has 4 nitrogen and oxygen atoms in total. The molecule has 0 saturated heterocycles. The van der Waals surface area contributed by atoms with E-state index in [2.05, 4.69) is 15.1 Å². The van der Waals surface area contributed by atoms with Gasteiger partial charge in [0.05, 0.1) is 22.3 Å². The number of fused-ring (bicyclic) bond motifs is 2. The molecule has 1 aromatic carbocycles. The van der Waals surface area contributed by atoms with Crippen LogP contribution in [0.4, 0.5) is 4.39 Å². The average Bonchev–Trinajstić information content (AvgIpc) is 3.10. The summed E-state index contributed by atoms with van der Waals surface area (Å²) >= 11 is 3.02. The molecule has 0 aliphatic carbocycles. The highest BCUT2D eigenvalue weighted by Gasteiger charge is 2.13. The van der Waals surface area contributed by atoms with Crippen LogP contribution in [0.3, 0.4) is 0 Å². The molecular formula is C16H13FN4S2. The van der Waals surface area contributed by atoms with Crippen molar-refractivity contribution >= 4 is 39.0 Å². The fraction of sp³-hybridized carbons (Fsp3) is 0.188. The van der Waals surface area contributed by atoms with Gasteiger partial charge in [-0.05, 0) is 43.9 Å². The van der Waals surface area contributed by atoms with Crippen molar-refractivity contribution < 1.29 is 4.39 Å². The molecular weight excluding hydrogens is 331 g/mol. The summed E-state index contributed by atoms with van der Waals surface area (Å²) in [6.45, 7) is 3.92. The fourth-order valence-corrected chi connectivity index (χ4v) is 4.13. The van der Waals surface area contributed by atoms with Gasteiger partial charge in [0.25, 0.3) is 0 Å². The number of aromatic nitrogens is 4. The molecule has 0 N–H and O–H groups in total. The number of benzene rings is 1. The third kappa shape index (κ3) is 2.40. The standard InChI is InChI=1S/C16H13FN4S2/c1-8-4-12(20-21-7-9(2)18-15(8)21)10-5-11(17)14-13(6-10)23-16(19-14)22-3/h4-7H,1-3H3. The third-order valence-corrected chi connectivity index (χ3v) is 5.62. The zero-order chi connectivity index (χ0) is 16.1. The Bertz CT molecular complexity index is 1050. The number of thiazole rings is 1. The van der Waals surface area contributed by atoms with Crippen LogP contribution in [0.15, 0.2) is 28.7 Å². The number of nitrogens with zero attached hydrogens (tertiary/aromatic N) is 4. The van der Waals surface area contributed by atoms with Gasteiger partial charge in [-0.2, -0.15) is 5.10 Å². The zero-order valence-electron chi connectivity index (χ0n) is 12.8. The summed E-state index contributed by atoms with van der Waals surface area (Å²) in [4.78, 5) is 8.75. The van der Waals surface area contributed by atoms with Crippen LogP contribution in [0.1, 0.15) is 11.3 Å². The lowest BCUT2D eigenvalue weighted by molar-refractivity contribution is 0.637. The SMILES string of the molecule is CSc1nc2c(F)cc(-c3cc(C)c4nc(C)cn4n3)cc2s1. The van der Waals surface area contributed by atoms with Crippen LogP contribution in [0.5, 0.6) is 0 Å². The molecule has 0 bridgehead atoms. The number of hydrogen-bond donors (Lipinski definition) is 0. The summed E-state index contributed by atoms with van der Waals surface area (Å²) in [6, 6.07) is 5.40. The second-order valence-electron chi connectivity index (χ2n) is 5.35. The first-order valence-corrected chi connectivity index (χ1v) is 9.07. The topological polar surface area (TPSA) is 43.1 Å². The molecule has 0 aliphatic rings. The average molecular weight is 344 g/mol. The molecule has 3 aromatic heterocycles. The lowest BCUT2D eigenvalue weighted by Crippen LogP contribution is -1.96. The van der Waals surface area contributed by atoms with E-state index in [1.54, 1.807) is 4.52 Å². The van der Waals surface area contributed by atoms with Crippen molar-refractivity contribution in [1.82, 2.24) is 19.6 Å². The van der Waals surface area contributed by atoms with E-state index in [1.165, 1.54) is 29.2 Å². The number of halogens is 1. The van der Waals surface area contributed by atoms with E-state index in [1.807, 2.05) is 38.4 Å².